The zero-order valence-corrected chi connectivity index (χ0v) is 19.2. The van der Waals surface area contributed by atoms with Gasteiger partial charge in [-0.3, -0.25) is 9.59 Å². The Balaban J connectivity index is 1.59. The van der Waals surface area contributed by atoms with E-state index in [1.807, 2.05) is 24.3 Å². The summed E-state index contributed by atoms with van der Waals surface area (Å²) in [6.07, 6.45) is 11.9. The Morgan fingerprint density at radius 3 is 2.38 bits per heavy atom. The Morgan fingerprint density at radius 1 is 0.938 bits per heavy atom. The van der Waals surface area contributed by atoms with Gasteiger partial charge in [0.2, 0.25) is 0 Å². The zero-order chi connectivity index (χ0) is 23.2. The first-order chi connectivity index (χ1) is 15.5. The molecule has 0 aromatic heterocycles. The normalized spacial score (nSPS) is 19.1. The Hall–Kier alpha value is -1.82. The first kappa shape index (κ1) is 26.4. The van der Waals surface area contributed by atoms with Gasteiger partial charge in [0.15, 0.2) is 5.78 Å². The van der Waals surface area contributed by atoms with E-state index in [1.165, 1.54) is 5.56 Å². The Labute approximate surface area is 192 Å². The summed E-state index contributed by atoms with van der Waals surface area (Å²) in [5.41, 5.74) is 1.24. The molecule has 5 nitrogen and oxygen atoms in total. The van der Waals surface area contributed by atoms with E-state index in [0.29, 0.717) is 6.42 Å². The molecule has 1 aliphatic carbocycles. The van der Waals surface area contributed by atoms with Crippen LogP contribution in [0, 0.1) is 17.8 Å². The van der Waals surface area contributed by atoms with Crippen LogP contribution in [0.4, 0.5) is 0 Å². The second kappa shape index (κ2) is 15.1. The number of aryl methyl sites for hydroxylation is 1. The number of aliphatic hydroxyl groups excluding tert-OH is 3. The van der Waals surface area contributed by atoms with E-state index < -0.39 is 0 Å². The molecule has 3 N–H and O–H groups in total. The Bertz CT molecular complexity index is 695. The molecule has 0 heterocycles. The van der Waals surface area contributed by atoms with E-state index in [0.717, 1.165) is 57.8 Å². The topological polar surface area (TPSA) is 94.8 Å². The number of benzene rings is 1. The van der Waals surface area contributed by atoms with Crippen LogP contribution >= 0.6 is 0 Å². The highest BCUT2D eigenvalue weighted by molar-refractivity contribution is 5.94. The maximum absolute atomic E-state index is 12.3. The van der Waals surface area contributed by atoms with Gasteiger partial charge in [-0.15, -0.1) is 0 Å². The van der Waals surface area contributed by atoms with Gasteiger partial charge >= 0.3 is 0 Å². The van der Waals surface area contributed by atoms with Crippen LogP contribution < -0.4 is 0 Å². The maximum Gasteiger partial charge on any atom is 0.159 e. The summed E-state index contributed by atoms with van der Waals surface area (Å²) >= 11 is 0. The smallest absolute Gasteiger partial charge is 0.159 e. The van der Waals surface area contributed by atoms with Crippen molar-refractivity contribution < 1.29 is 24.9 Å². The van der Waals surface area contributed by atoms with E-state index in [-0.39, 0.29) is 55.1 Å². The molecule has 0 saturated heterocycles. The molecule has 0 bridgehead atoms. The summed E-state index contributed by atoms with van der Waals surface area (Å²) < 4.78 is 0. The second-order valence-corrected chi connectivity index (χ2v) is 9.21. The molecule has 2 rings (SSSR count). The van der Waals surface area contributed by atoms with Crippen molar-refractivity contribution in [1.29, 1.82) is 0 Å². The van der Waals surface area contributed by atoms with Crippen LogP contribution in [0.3, 0.4) is 0 Å². The molecule has 5 heteroatoms. The molecule has 32 heavy (non-hydrogen) atoms. The summed E-state index contributed by atoms with van der Waals surface area (Å²) in [5, 5.41) is 28.5. The third-order valence-electron chi connectivity index (χ3n) is 6.59. The van der Waals surface area contributed by atoms with Crippen molar-refractivity contribution in [3.63, 3.8) is 0 Å². The standard InChI is InChI=1S/C27H40O5/c28-19-22(20-29)18-25(31)10-6-1-2-7-11-26-23(14-17-27(26)32)13-16-24(30)15-12-21-8-4-3-5-9-21/h3-5,8-9,14,17,22-24,26,28-30H,1-2,6-7,10-13,15-16,18-20H2/t23-,24-,26+/m0/s1. The molecule has 0 radical (unpaired) electrons. The number of Topliss-reactive ketones (excluding diaryl/α,β-unsaturated/α-hetero) is 1. The highest BCUT2D eigenvalue weighted by Crippen LogP contribution is 2.31. The molecule has 0 unspecified atom stereocenters. The average molecular weight is 445 g/mol. The van der Waals surface area contributed by atoms with E-state index >= 15 is 0 Å². The lowest BCUT2D eigenvalue weighted by molar-refractivity contribution is -0.121. The second-order valence-electron chi connectivity index (χ2n) is 9.21. The van der Waals surface area contributed by atoms with Crippen molar-refractivity contribution in [2.45, 2.75) is 76.7 Å². The van der Waals surface area contributed by atoms with Crippen LogP contribution in [0.1, 0.15) is 69.8 Å². The number of unbranched alkanes of at least 4 members (excludes halogenated alkanes) is 3. The maximum atomic E-state index is 12.3. The van der Waals surface area contributed by atoms with Crippen molar-refractivity contribution in [3.8, 4) is 0 Å². The lowest BCUT2D eigenvalue weighted by Gasteiger charge is -2.20. The van der Waals surface area contributed by atoms with Crippen LogP contribution in [0.2, 0.25) is 0 Å². The van der Waals surface area contributed by atoms with E-state index in [1.54, 1.807) is 6.08 Å². The fraction of sp³-hybridized carbons (Fsp3) is 0.630. The Kier molecular flexibility index (Phi) is 12.5. The molecule has 1 aromatic rings. The van der Waals surface area contributed by atoms with Gasteiger partial charge in [-0.25, -0.2) is 0 Å². The lowest BCUT2D eigenvalue weighted by Crippen LogP contribution is -2.18. The molecule has 0 aliphatic heterocycles. The van der Waals surface area contributed by atoms with Crippen LogP contribution in [0.25, 0.3) is 0 Å². The molecule has 0 spiro atoms. The van der Waals surface area contributed by atoms with Crippen molar-refractivity contribution in [2.24, 2.45) is 17.8 Å². The third-order valence-corrected chi connectivity index (χ3v) is 6.59. The Morgan fingerprint density at radius 2 is 1.66 bits per heavy atom. The predicted molar refractivity (Wildman–Crippen MR) is 126 cm³/mol. The molecule has 0 amide bonds. The quantitative estimate of drug-likeness (QED) is 0.315. The number of hydrogen-bond acceptors (Lipinski definition) is 5. The number of carbonyl (C=O) groups excluding carboxylic acids is 2. The summed E-state index contributed by atoms with van der Waals surface area (Å²) in [6.45, 7) is -0.312. The molecular formula is C27H40O5. The lowest BCUT2D eigenvalue weighted by atomic mass is 9.85. The van der Waals surface area contributed by atoms with Gasteiger partial charge in [-0.2, -0.15) is 0 Å². The number of ketones is 2. The summed E-state index contributed by atoms with van der Waals surface area (Å²) in [7, 11) is 0. The highest BCUT2D eigenvalue weighted by atomic mass is 16.3. The monoisotopic (exact) mass is 444 g/mol. The molecule has 3 atom stereocenters. The number of carbonyl (C=O) groups is 2. The summed E-state index contributed by atoms with van der Waals surface area (Å²) in [5.74, 6) is 0.233. The van der Waals surface area contributed by atoms with Gasteiger partial charge in [0, 0.05) is 37.9 Å². The van der Waals surface area contributed by atoms with Crippen molar-refractivity contribution in [3.05, 3.63) is 48.0 Å². The molecule has 0 fully saturated rings. The largest absolute Gasteiger partial charge is 0.396 e. The van der Waals surface area contributed by atoms with Crippen LogP contribution in [0.15, 0.2) is 42.5 Å². The van der Waals surface area contributed by atoms with Crippen LogP contribution in [0.5, 0.6) is 0 Å². The molecule has 1 aromatic carbocycles. The minimum atomic E-state index is -0.339. The van der Waals surface area contributed by atoms with Gasteiger partial charge in [0.25, 0.3) is 0 Å². The predicted octanol–water partition coefficient (Wildman–Crippen LogP) is 4.03. The number of rotatable bonds is 17. The van der Waals surface area contributed by atoms with E-state index in [9.17, 15) is 14.7 Å². The number of aliphatic hydroxyl groups is 3. The minimum Gasteiger partial charge on any atom is -0.396 e. The van der Waals surface area contributed by atoms with Gasteiger partial charge in [0.05, 0.1) is 6.10 Å². The van der Waals surface area contributed by atoms with E-state index in [2.05, 4.69) is 12.1 Å². The van der Waals surface area contributed by atoms with Gasteiger partial charge in [-0.1, -0.05) is 55.7 Å². The van der Waals surface area contributed by atoms with E-state index in [4.69, 9.17) is 10.2 Å². The van der Waals surface area contributed by atoms with Crippen LogP contribution in [-0.2, 0) is 16.0 Å². The highest BCUT2D eigenvalue weighted by Gasteiger charge is 2.29. The number of hydrogen-bond donors (Lipinski definition) is 3. The van der Waals surface area contributed by atoms with Gasteiger partial charge in [-0.05, 0) is 56.1 Å². The van der Waals surface area contributed by atoms with Gasteiger partial charge < -0.3 is 15.3 Å². The van der Waals surface area contributed by atoms with Gasteiger partial charge in [0.1, 0.15) is 5.78 Å². The SMILES string of the molecule is O=C(CCCCCC[C@H]1C(=O)C=C[C@@H]1CC[C@@H](O)CCc1ccccc1)CC(CO)CO. The molecular weight excluding hydrogens is 404 g/mol. The number of allylic oxidation sites excluding steroid dienone is 2. The van der Waals surface area contributed by atoms with Crippen molar-refractivity contribution in [2.75, 3.05) is 13.2 Å². The van der Waals surface area contributed by atoms with Crippen molar-refractivity contribution in [1.82, 2.24) is 0 Å². The fourth-order valence-corrected chi connectivity index (χ4v) is 4.50. The minimum absolute atomic E-state index is 0.0350. The van der Waals surface area contributed by atoms with Crippen molar-refractivity contribution >= 4 is 11.6 Å². The zero-order valence-electron chi connectivity index (χ0n) is 19.2. The third kappa shape index (κ3) is 9.76. The molecule has 1 aliphatic rings. The summed E-state index contributed by atoms with van der Waals surface area (Å²) in [4.78, 5) is 24.1. The fourth-order valence-electron chi connectivity index (χ4n) is 4.50. The first-order valence-corrected chi connectivity index (χ1v) is 12.2. The van der Waals surface area contributed by atoms with Crippen LogP contribution in [-0.4, -0.2) is 46.2 Å². The average Bonchev–Trinajstić information content (AvgIpc) is 3.16. The summed E-state index contributed by atoms with van der Waals surface area (Å²) in [6, 6.07) is 10.2. The molecule has 0 saturated carbocycles. The molecule has 178 valence electrons. The first-order valence-electron chi connectivity index (χ1n) is 12.2.